The number of rotatable bonds is 0. The molecule has 0 radical (unpaired) electrons. The molecule has 1 spiro atoms. The third kappa shape index (κ3) is 1.30. The van der Waals surface area contributed by atoms with Crippen LogP contribution >= 0.6 is 0 Å². The smallest absolute Gasteiger partial charge is 0.167 e. The molecule has 2 heteroatoms. The minimum absolute atomic E-state index is 0.0324. The van der Waals surface area contributed by atoms with Gasteiger partial charge in [-0.25, -0.2) is 0 Å². The fraction of sp³-hybridized carbons (Fsp3) is 1.00. The number of fused-ring (bicyclic) bond motifs is 2. The molecule has 4 aliphatic rings. The van der Waals surface area contributed by atoms with E-state index in [4.69, 9.17) is 9.47 Å². The molecular weight excluding hydrogens is 248 g/mol. The standard InChI is InChI=1S/C18H30O2/c1-14(2)8-6-9-15(3)13(14)7-10-16(4)18(15)12-11-17(5,19-16)20-18/h13H,6-12H2,1-5H3/t13-,15-,16+,17-,18-/m0/s1. The highest BCUT2D eigenvalue weighted by Crippen LogP contribution is 2.72. The van der Waals surface area contributed by atoms with E-state index in [-0.39, 0.29) is 22.4 Å². The minimum atomic E-state index is -0.311. The number of ether oxygens (including phenoxy) is 2. The molecule has 4 rings (SSSR count). The van der Waals surface area contributed by atoms with Gasteiger partial charge in [0.2, 0.25) is 0 Å². The maximum Gasteiger partial charge on any atom is 0.167 e. The van der Waals surface area contributed by atoms with Crippen molar-refractivity contribution in [3.05, 3.63) is 0 Å². The highest BCUT2D eigenvalue weighted by molar-refractivity contribution is 5.23. The van der Waals surface area contributed by atoms with E-state index in [0.29, 0.717) is 5.41 Å². The quantitative estimate of drug-likeness (QED) is 0.641. The molecule has 2 heterocycles. The molecule has 0 aromatic carbocycles. The van der Waals surface area contributed by atoms with Gasteiger partial charge in [-0.3, -0.25) is 0 Å². The second kappa shape index (κ2) is 3.46. The first-order valence-electron chi connectivity index (χ1n) is 8.57. The van der Waals surface area contributed by atoms with Crippen LogP contribution in [0.4, 0.5) is 0 Å². The van der Waals surface area contributed by atoms with Crippen molar-refractivity contribution in [2.45, 2.75) is 96.6 Å². The van der Waals surface area contributed by atoms with Crippen LogP contribution in [0.15, 0.2) is 0 Å². The maximum atomic E-state index is 6.70. The molecule has 0 aromatic heterocycles. The Morgan fingerprint density at radius 1 is 0.800 bits per heavy atom. The first-order valence-corrected chi connectivity index (χ1v) is 8.57. The van der Waals surface area contributed by atoms with Gasteiger partial charge in [-0.2, -0.15) is 0 Å². The molecule has 114 valence electrons. The van der Waals surface area contributed by atoms with Crippen LogP contribution in [0.2, 0.25) is 0 Å². The average Bonchev–Trinajstić information content (AvgIpc) is 2.76. The number of hydrogen-bond acceptors (Lipinski definition) is 2. The fourth-order valence-electron chi connectivity index (χ4n) is 6.87. The Labute approximate surface area is 123 Å². The largest absolute Gasteiger partial charge is 0.341 e. The minimum Gasteiger partial charge on any atom is -0.341 e. The summed E-state index contributed by atoms with van der Waals surface area (Å²) in [5, 5.41) is 0. The lowest BCUT2D eigenvalue weighted by Gasteiger charge is -2.64. The Morgan fingerprint density at radius 2 is 1.55 bits per heavy atom. The van der Waals surface area contributed by atoms with Gasteiger partial charge in [0, 0.05) is 11.8 Å². The molecule has 4 fully saturated rings. The second-order valence-electron chi connectivity index (χ2n) is 9.25. The van der Waals surface area contributed by atoms with Crippen molar-refractivity contribution in [2.75, 3.05) is 0 Å². The Kier molecular flexibility index (Phi) is 2.35. The Hall–Kier alpha value is -0.0800. The van der Waals surface area contributed by atoms with Crippen molar-refractivity contribution in [1.29, 1.82) is 0 Å². The fourth-order valence-corrected chi connectivity index (χ4v) is 6.87. The van der Waals surface area contributed by atoms with Crippen LogP contribution in [0.3, 0.4) is 0 Å². The molecule has 5 atom stereocenters. The monoisotopic (exact) mass is 278 g/mol. The highest BCUT2D eigenvalue weighted by Gasteiger charge is 2.77. The van der Waals surface area contributed by atoms with Crippen LogP contribution < -0.4 is 0 Å². The topological polar surface area (TPSA) is 18.5 Å². The van der Waals surface area contributed by atoms with E-state index in [0.717, 1.165) is 12.3 Å². The zero-order chi connectivity index (χ0) is 14.4. The predicted molar refractivity (Wildman–Crippen MR) is 79.4 cm³/mol. The van der Waals surface area contributed by atoms with Gasteiger partial charge in [-0.15, -0.1) is 0 Å². The van der Waals surface area contributed by atoms with E-state index in [9.17, 15) is 0 Å². The van der Waals surface area contributed by atoms with Crippen LogP contribution in [-0.2, 0) is 9.47 Å². The van der Waals surface area contributed by atoms with E-state index in [1.54, 1.807) is 0 Å². The predicted octanol–water partition coefficient (Wildman–Crippen LogP) is 4.67. The summed E-state index contributed by atoms with van der Waals surface area (Å²) in [5.41, 5.74) is 0.651. The lowest BCUT2D eigenvalue weighted by molar-refractivity contribution is -0.216. The summed E-state index contributed by atoms with van der Waals surface area (Å²) in [5.74, 6) is 0.467. The molecule has 0 amide bonds. The van der Waals surface area contributed by atoms with Crippen LogP contribution in [0.1, 0.15) is 79.6 Å². The van der Waals surface area contributed by atoms with Crippen LogP contribution in [-0.4, -0.2) is 17.0 Å². The van der Waals surface area contributed by atoms with Gasteiger partial charge in [-0.05, 0) is 57.3 Å². The van der Waals surface area contributed by atoms with Crippen molar-refractivity contribution in [1.82, 2.24) is 0 Å². The van der Waals surface area contributed by atoms with Crippen molar-refractivity contribution in [3.63, 3.8) is 0 Å². The van der Waals surface area contributed by atoms with E-state index in [1.807, 2.05) is 0 Å². The number of hydrogen-bond donors (Lipinski definition) is 0. The van der Waals surface area contributed by atoms with Gasteiger partial charge < -0.3 is 9.47 Å². The van der Waals surface area contributed by atoms with Gasteiger partial charge in [0.1, 0.15) is 5.60 Å². The zero-order valence-corrected chi connectivity index (χ0v) is 13.8. The summed E-state index contributed by atoms with van der Waals surface area (Å²) in [7, 11) is 0. The molecule has 2 saturated carbocycles. The summed E-state index contributed by atoms with van der Waals surface area (Å²) >= 11 is 0. The average molecular weight is 278 g/mol. The van der Waals surface area contributed by atoms with Crippen molar-refractivity contribution < 1.29 is 9.47 Å². The van der Waals surface area contributed by atoms with E-state index in [2.05, 4.69) is 34.6 Å². The van der Waals surface area contributed by atoms with Gasteiger partial charge in [0.25, 0.3) is 0 Å². The van der Waals surface area contributed by atoms with Crippen molar-refractivity contribution >= 4 is 0 Å². The van der Waals surface area contributed by atoms with Crippen LogP contribution in [0, 0.1) is 16.7 Å². The SMILES string of the molecule is CC1(C)CCC[C@@]2(C)[C@H]1CC[C@@]1(C)O[C@]3(C)CC[C@@]12O3. The summed E-state index contributed by atoms with van der Waals surface area (Å²) in [6.45, 7) is 12.0. The molecule has 0 unspecified atom stereocenters. The van der Waals surface area contributed by atoms with Crippen molar-refractivity contribution in [3.8, 4) is 0 Å². The molecule has 2 nitrogen and oxygen atoms in total. The van der Waals surface area contributed by atoms with Gasteiger partial charge >= 0.3 is 0 Å². The summed E-state index contributed by atoms with van der Waals surface area (Å²) < 4.78 is 13.2. The Morgan fingerprint density at radius 3 is 2.25 bits per heavy atom. The molecular formula is C18H30O2. The van der Waals surface area contributed by atoms with Crippen LogP contribution in [0.25, 0.3) is 0 Å². The lowest BCUT2D eigenvalue weighted by Crippen LogP contribution is -2.68. The molecule has 2 saturated heterocycles. The van der Waals surface area contributed by atoms with Crippen molar-refractivity contribution in [2.24, 2.45) is 16.7 Å². The Balaban J connectivity index is 1.85. The Bertz CT molecular complexity index is 458. The second-order valence-corrected chi connectivity index (χ2v) is 9.25. The van der Waals surface area contributed by atoms with E-state index < -0.39 is 0 Å². The van der Waals surface area contributed by atoms with E-state index >= 15 is 0 Å². The normalized spacial score (nSPS) is 60.1. The molecule has 2 aliphatic heterocycles. The van der Waals surface area contributed by atoms with Gasteiger partial charge in [0.05, 0.1) is 5.60 Å². The van der Waals surface area contributed by atoms with Gasteiger partial charge in [0.15, 0.2) is 5.79 Å². The third-order valence-corrected chi connectivity index (χ3v) is 7.68. The van der Waals surface area contributed by atoms with Gasteiger partial charge in [-0.1, -0.05) is 27.2 Å². The molecule has 0 N–H and O–H groups in total. The summed E-state index contributed by atoms with van der Waals surface area (Å²) in [6.07, 6.45) is 8.79. The summed E-state index contributed by atoms with van der Waals surface area (Å²) in [4.78, 5) is 0. The first-order chi connectivity index (χ1) is 9.17. The third-order valence-electron chi connectivity index (χ3n) is 7.68. The van der Waals surface area contributed by atoms with Crippen LogP contribution in [0.5, 0.6) is 0 Å². The zero-order valence-electron chi connectivity index (χ0n) is 13.8. The summed E-state index contributed by atoms with van der Waals surface area (Å²) in [6, 6.07) is 0. The molecule has 2 bridgehead atoms. The molecule has 20 heavy (non-hydrogen) atoms. The first kappa shape index (κ1) is 13.6. The molecule has 0 aromatic rings. The molecule has 2 aliphatic carbocycles. The highest BCUT2D eigenvalue weighted by atomic mass is 16.8. The maximum absolute atomic E-state index is 6.70. The van der Waals surface area contributed by atoms with E-state index in [1.165, 1.54) is 38.5 Å². The lowest BCUT2D eigenvalue weighted by atomic mass is 9.43.